The predicted octanol–water partition coefficient (Wildman–Crippen LogP) is 2.46. The molecule has 0 spiro atoms. The van der Waals surface area contributed by atoms with Crippen LogP contribution in [0.2, 0.25) is 0 Å². The zero-order valence-corrected chi connectivity index (χ0v) is 12.9. The highest BCUT2D eigenvalue weighted by atomic mass is 32.1. The lowest BCUT2D eigenvalue weighted by Gasteiger charge is -2.40. The Morgan fingerprint density at radius 2 is 2.32 bits per heavy atom. The molecule has 3 rings (SSSR count). The molecule has 3 nitrogen and oxygen atoms in total. The van der Waals surface area contributed by atoms with Crippen LogP contribution in [0, 0.1) is 12.8 Å². The van der Waals surface area contributed by atoms with Gasteiger partial charge in [-0.05, 0) is 32.1 Å². The molecule has 2 heterocycles. The first-order valence-electron chi connectivity index (χ1n) is 7.64. The maximum absolute atomic E-state index is 4.59. The van der Waals surface area contributed by atoms with Crippen LogP contribution in [-0.2, 0) is 6.42 Å². The summed E-state index contributed by atoms with van der Waals surface area (Å²) in [5.74, 6) is 0.961. The van der Waals surface area contributed by atoms with E-state index in [1.807, 2.05) is 11.3 Å². The Morgan fingerprint density at radius 3 is 2.95 bits per heavy atom. The zero-order chi connectivity index (χ0) is 13.2. The second-order valence-electron chi connectivity index (χ2n) is 6.04. The second-order valence-corrected chi connectivity index (χ2v) is 6.98. The monoisotopic (exact) mass is 279 g/mol. The minimum absolute atomic E-state index is 0.719. The summed E-state index contributed by atoms with van der Waals surface area (Å²) in [5, 5.41) is 7.22. The van der Waals surface area contributed by atoms with Gasteiger partial charge in [0.05, 0.1) is 5.01 Å². The molecule has 1 aromatic rings. The van der Waals surface area contributed by atoms with Crippen molar-refractivity contribution in [3.8, 4) is 0 Å². The van der Waals surface area contributed by atoms with Crippen LogP contribution in [0.3, 0.4) is 0 Å². The Balaban J connectivity index is 1.56. The molecule has 106 valence electrons. The quantitative estimate of drug-likeness (QED) is 0.897. The number of nitrogens with zero attached hydrogens (tertiary/aromatic N) is 2. The minimum Gasteiger partial charge on any atom is -0.311 e. The third-order valence-electron chi connectivity index (χ3n) is 4.51. The van der Waals surface area contributed by atoms with Crippen LogP contribution < -0.4 is 5.32 Å². The van der Waals surface area contributed by atoms with Crippen molar-refractivity contribution in [3.63, 3.8) is 0 Å². The Kier molecular flexibility index (Phi) is 4.20. The number of piperazine rings is 1. The van der Waals surface area contributed by atoms with Gasteiger partial charge in [0.15, 0.2) is 0 Å². The summed E-state index contributed by atoms with van der Waals surface area (Å²) in [5.41, 5.74) is 1.17. The van der Waals surface area contributed by atoms with Crippen LogP contribution in [0.5, 0.6) is 0 Å². The van der Waals surface area contributed by atoms with Gasteiger partial charge in [-0.25, -0.2) is 4.98 Å². The molecule has 0 amide bonds. The standard InChI is InChI=1S/C15H25N3S/c1-3-13-8-16-14(12-4-5-12)9-18(13)7-6-15-17-11(2)10-19-15/h10,12-14,16H,3-9H2,1-2H3. The van der Waals surface area contributed by atoms with Crippen LogP contribution in [0.15, 0.2) is 5.38 Å². The summed E-state index contributed by atoms with van der Waals surface area (Å²) < 4.78 is 0. The summed E-state index contributed by atoms with van der Waals surface area (Å²) >= 11 is 1.81. The summed E-state index contributed by atoms with van der Waals surface area (Å²) in [6.45, 7) is 7.99. The lowest BCUT2D eigenvalue weighted by Crippen LogP contribution is -2.57. The Hall–Kier alpha value is -0.450. The molecular weight excluding hydrogens is 254 g/mol. The summed E-state index contributed by atoms with van der Waals surface area (Å²) in [6, 6.07) is 1.47. The highest BCUT2D eigenvalue weighted by Crippen LogP contribution is 2.34. The Bertz CT molecular complexity index is 413. The van der Waals surface area contributed by atoms with Crippen molar-refractivity contribution >= 4 is 11.3 Å². The highest BCUT2D eigenvalue weighted by Gasteiger charge is 2.36. The first-order chi connectivity index (χ1) is 9.26. The van der Waals surface area contributed by atoms with E-state index in [2.05, 4.69) is 34.4 Å². The number of thiazole rings is 1. The van der Waals surface area contributed by atoms with E-state index in [4.69, 9.17) is 0 Å². The highest BCUT2D eigenvalue weighted by molar-refractivity contribution is 7.09. The van der Waals surface area contributed by atoms with Gasteiger partial charge in [-0.3, -0.25) is 4.90 Å². The van der Waals surface area contributed by atoms with E-state index in [9.17, 15) is 0 Å². The number of nitrogens with one attached hydrogen (secondary N) is 1. The molecule has 2 atom stereocenters. The third kappa shape index (κ3) is 3.36. The Labute approximate surface area is 120 Å². The average Bonchev–Trinajstić information content (AvgIpc) is 3.19. The van der Waals surface area contributed by atoms with Crippen molar-refractivity contribution < 1.29 is 0 Å². The molecule has 1 N–H and O–H groups in total. The molecule has 4 heteroatoms. The predicted molar refractivity (Wildman–Crippen MR) is 80.7 cm³/mol. The summed E-state index contributed by atoms with van der Waals surface area (Å²) in [7, 11) is 0. The van der Waals surface area contributed by atoms with Crippen molar-refractivity contribution in [2.24, 2.45) is 5.92 Å². The fraction of sp³-hybridized carbons (Fsp3) is 0.800. The molecule has 1 aliphatic heterocycles. The van der Waals surface area contributed by atoms with Gasteiger partial charge < -0.3 is 5.32 Å². The molecule has 1 aliphatic carbocycles. The van der Waals surface area contributed by atoms with Gasteiger partial charge in [0, 0.05) is 49.2 Å². The van der Waals surface area contributed by atoms with Crippen molar-refractivity contribution in [1.82, 2.24) is 15.2 Å². The fourth-order valence-corrected chi connectivity index (χ4v) is 3.90. The smallest absolute Gasteiger partial charge is 0.0940 e. The molecular formula is C15H25N3S. The van der Waals surface area contributed by atoms with E-state index in [1.165, 1.54) is 49.6 Å². The largest absolute Gasteiger partial charge is 0.311 e. The van der Waals surface area contributed by atoms with E-state index in [0.717, 1.165) is 24.4 Å². The maximum atomic E-state index is 4.59. The van der Waals surface area contributed by atoms with E-state index in [-0.39, 0.29) is 0 Å². The number of rotatable bonds is 5. The van der Waals surface area contributed by atoms with Gasteiger partial charge in [-0.1, -0.05) is 6.92 Å². The third-order valence-corrected chi connectivity index (χ3v) is 5.53. The first kappa shape index (κ1) is 13.5. The van der Waals surface area contributed by atoms with E-state index < -0.39 is 0 Å². The number of aryl methyl sites for hydroxylation is 1. The number of hydrogen-bond donors (Lipinski definition) is 1. The van der Waals surface area contributed by atoms with Crippen LogP contribution in [0.4, 0.5) is 0 Å². The molecule has 2 fully saturated rings. The SMILES string of the molecule is CCC1CNC(C2CC2)CN1CCc1nc(C)cs1. The van der Waals surface area contributed by atoms with Crippen molar-refractivity contribution in [2.45, 2.75) is 51.6 Å². The topological polar surface area (TPSA) is 28.2 Å². The number of aromatic nitrogens is 1. The van der Waals surface area contributed by atoms with Gasteiger partial charge in [-0.15, -0.1) is 11.3 Å². The molecule has 1 saturated carbocycles. The fourth-order valence-electron chi connectivity index (χ4n) is 3.13. The van der Waals surface area contributed by atoms with Crippen LogP contribution in [-0.4, -0.2) is 41.6 Å². The van der Waals surface area contributed by atoms with Gasteiger partial charge in [-0.2, -0.15) is 0 Å². The molecule has 19 heavy (non-hydrogen) atoms. The van der Waals surface area contributed by atoms with Crippen molar-refractivity contribution in [1.29, 1.82) is 0 Å². The normalized spacial score (nSPS) is 28.7. The summed E-state index contributed by atoms with van der Waals surface area (Å²) in [4.78, 5) is 7.29. The van der Waals surface area contributed by atoms with Crippen molar-refractivity contribution in [2.75, 3.05) is 19.6 Å². The molecule has 0 bridgehead atoms. The van der Waals surface area contributed by atoms with Crippen LogP contribution >= 0.6 is 11.3 Å². The minimum atomic E-state index is 0.719. The lowest BCUT2D eigenvalue weighted by atomic mass is 10.0. The average molecular weight is 279 g/mol. The van der Waals surface area contributed by atoms with E-state index >= 15 is 0 Å². The zero-order valence-electron chi connectivity index (χ0n) is 12.1. The molecule has 0 aromatic carbocycles. The molecule has 2 aliphatic rings. The maximum Gasteiger partial charge on any atom is 0.0940 e. The second kappa shape index (κ2) is 5.90. The van der Waals surface area contributed by atoms with Crippen LogP contribution in [0.1, 0.15) is 36.9 Å². The Morgan fingerprint density at radius 1 is 1.47 bits per heavy atom. The van der Waals surface area contributed by atoms with E-state index in [0.29, 0.717) is 0 Å². The van der Waals surface area contributed by atoms with Crippen LogP contribution in [0.25, 0.3) is 0 Å². The van der Waals surface area contributed by atoms with E-state index in [1.54, 1.807) is 0 Å². The lowest BCUT2D eigenvalue weighted by molar-refractivity contribution is 0.120. The molecule has 1 saturated heterocycles. The van der Waals surface area contributed by atoms with Gasteiger partial charge >= 0.3 is 0 Å². The molecule has 0 radical (unpaired) electrons. The van der Waals surface area contributed by atoms with Gasteiger partial charge in [0.1, 0.15) is 0 Å². The summed E-state index contributed by atoms with van der Waals surface area (Å²) in [6.07, 6.45) is 5.25. The van der Waals surface area contributed by atoms with Crippen molar-refractivity contribution in [3.05, 3.63) is 16.1 Å². The number of hydrogen-bond acceptors (Lipinski definition) is 4. The van der Waals surface area contributed by atoms with Gasteiger partial charge in [0.2, 0.25) is 0 Å². The van der Waals surface area contributed by atoms with Gasteiger partial charge in [0.25, 0.3) is 0 Å². The molecule has 2 unspecified atom stereocenters. The first-order valence-corrected chi connectivity index (χ1v) is 8.52. The molecule has 1 aromatic heterocycles.